The second-order valence-corrected chi connectivity index (χ2v) is 5.85. The van der Waals surface area contributed by atoms with Crippen molar-refractivity contribution in [1.82, 2.24) is 14.9 Å². The van der Waals surface area contributed by atoms with Crippen molar-refractivity contribution in [3.05, 3.63) is 11.9 Å². The third kappa shape index (κ3) is 2.66. The minimum atomic E-state index is -0.589. The highest BCUT2D eigenvalue weighted by Crippen LogP contribution is 2.32. The van der Waals surface area contributed by atoms with Crippen LogP contribution in [0.1, 0.15) is 33.3 Å². The second-order valence-electron chi connectivity index (χ2n) is 5.85. The molecule has 116 valence electrons. The molecule has 0 saturated carbocycles. The zero-order valence-corrected chi connectivity index (χ0v) is 13.6. The maximum atomic E-state index is 12.5. The molecule has 0 spiro atoms. The SMILES string of the molecule is CCNc1ncnc(N2CCN(C)C(=O)C2(C)C)c1CC. The molecule has 2 rings (SSSR count). The lowest BCUT2D eigenvalue weighted by Crippen LogP contribution is -2.62. The van der Waals surface area contributed by atoms with Gasteiger partial charge >= 0.3 is 0 Å². The average Bonchev–Trinajstić information content (AvgIpc) is 2.45. The van der Waals surface area contributed by atoms with Crippen molar-refractivity contribution >= 4 is 17.5 Å². The Balaban J connectivity index is 2.46. The summed E-state index contributed by atoms with van der Waals surface area (Å²) in [5.41, 5.74) is 0.485. The van der Waals surface area contributed by atoms with Gasteiger partial charge in [0.15, 0.2) is 0 Å². The summed E-state index contributed by atoms with van der Waals surface area (Å²) in [6.45, 7) is 10.4. The number of anilines is 2. The molecule has 0 aliphatic carbocycles. The van der Waals surface area contributed by atoms with Crippen LogP contribution < -0.4 is 10.2 Å². The number of nitrogens with one attached hydrogen (secondary N) is 1. The molecule has 6 heteroatoms. The number of carbonyl (C=O) groups is 1. The Bertz CT molecular complexity index is 529. The van der Waals surface area contributed by atoms with Gasteiger partial charge in [-0.15, -0.1) is 0 Å². The van der Waals surface area contributed by atoms with E-state index in [4.69, 9.17) is 0 Å². The molecule has 1 aromatic rings. The van der Waals surface area contributed by atoms with Gasteiger partial charge in [-0.3, -0.25) is 4.79 Å². The molecule has 0 bridgehead atoms. The summed E-state index contributed by atoms with van der Waals surface area (Å²) in [4.78, 5) is 25.2. The summed E-state index contributed by atoms with van der Waals surface area (Å²) in [6, 6.07) is 0. The summed E-state index contributed by atoms with van der Waals surface area (Å²) >= 11 is 0. The second kappa shape index (κ2) is 5.87. The van der Waals surface area contributed by atoms with Crippen molar-refractivity contribution in [3.8, 4) is 0 Å². The highest BCUT2D eigenvalue weighted by Gasteiger charge is 2.42. The van der Waals surface area contributed by atoms with Crippen LogP contribution >= 0.6 is 0 Å². The molecule has 1 N–H and O–H groups in total. The Kier molecular flexibility index (Phi) is 4.34. The summed E-state index contributed by atoms with van der Waals surface area (Å²) in [5, 5.41) is 3.28. The third-order valence-electron chi connectivity index (χ3n) is 4.08. The predicted octanol–water partition coefficient (Wildman–Crippen LogP) is 1.53. The average molecular weight is 291 g/mol. The van der Waals surface area contributed by atoms with E-state index in [9.17, 15) is 4.79 Å². The molecular formula is C15H25N5O. The van der Waals surface area contributed by atoms with Gasteiger partial charge in [-0.1, -0.05) is 6.92 Å². The molecule has 0 unspecified atom stereocenters. The van der Waals surface area contributed by atoms with Crippen LogP contribution in [0.15, 0.2) is 6.33 Å². The van der Waals surface area contributed by atoms with Crippen LogP contribution in [0, 0.1) is 0 Å². The molecule has 0 radical (unpaired) electrons. The van der Waals surface area contributed by atoms with Crippen molar-refractivity contribution in [1.29, 1.82) is 0 Å². The van der Waals surface area contributed by atoms with Crippen molar-refractivity contribution in [3.63, 3.8) is 0 Å². The molecule has 1 amide bonds. The topological polar surface area (TPSA) is 61.4 Å². The zero-order chi connectivity index (χ0) is 15.6. The first-order valence-corrected chi connectivity index (χ1v) is 7.54. The lowest BCUT2D eigenvalue weighted by Gasteiger charge is -2.46. The van der Waals surface area contributed by atoms with E-state index in [0.717, 1.165) is 36.7 Å². The van der Waals surface area contributed by atoms with E-state index >= 15 is 0 Å². The van der Waals surface area contributed by atoms with Crippen LogP contribution in [-0.4, -0.2) is 53.0 Å². The molecule has 1 aliphatic rings. The number of likely N-dealkylation sites (N-methyl/N-ethyl adjacent to an activating group) is 1. The van der Waals surface area contributed by atoms with Crippen molar-refractivity contribution in [2.75, 3.05) is 36.9 Å². The van der Waals surface area contributed by atoms with E-state index in [-0.39, 0.29) is 5.91 Å². The first kappa shape index (κ1) is 15.5. The van der Waals surface area contributed by atoms with Crippen molar-refractivity contribution < 1.29 is 4.79 Å². The third-order valence-corrected chi connectivity index (χ3v) is 4.08. The Morgan fingerprint density at radius 2 is 2.00 bits per heavy atom. The van der Waals surface area contributed by atoms with Gasteiger partial charge in [0.05, 0.1) is 0 Å². The number of hydrogen-bond donors (Lipinski definition) is 1. The van der Waals surface area contributed by atoms with Gasteiger partial charge in [0.2, 0.25) is 5.91 Å². The van der Waals surface area contributed by atoms with Crippen molar-refractivity contribution in [2.45, 2.75) is 39.7 Å². The summed E-state index contributed by atoms with van der Waals surface area (Å²) in [6.07, 6.45) is 2.40. The maximum Gasteiger partial charge on any atom is 0.247 e. The van der Waals surface area contributed by atoms with Gasteiger partial charge in [0.25, 0.3) is 0 Å². The van der Waals surface area contributed by atoms with Gasteiger partial charge in [-0.25, -0.2) is 9.97 Å². The van der Waals surface area contributed by atoms with Crippen LogP contribution in [0.2, 0.25) is 0 Å². The predicted molar refractivity (Wildman–Crippen MR) is 84.6 cm³/mol. The zero-order valence-electron chi connectivity index (χ0n) is 13.6. The van der Waals surface area contributed by atoms with E-state index < -0.39 is 5.54 Å². The lowest BCUT2D eigenvalue weighted by molar-refractivity contribution is -0.136. The number of hydrogen-bond acceptors (Lipinski definition) is 5. The molecule has 21 heavy (non-hydrogen) atoms. The molecule has 1 aliphatic heterocycles. The maximum absolute atomic E-state index is 12.5. The largest absolute Gasteiger partial charge is 0.370 e. The number of nitrogens with zero attached hydrogens (tertiary/aromatic N) is 4. The van der Waals surface area contributed by atoms with E-state index in [2.05, 4.69) is 27.1 Å². The molecule has 1 saturated heterocycles. The van der Waals surface area contributed by atoms with Gasteiger partial charge < -0.3 is 15.1 Å². The summed E-state index contributed by atoms with van der Waals surface area (Å²) in [5.74, 6) is 1.86. The first-order chi connectivity index (χ1) is 9.93. The van der Waals surface area contributed by atoms with Crippen LogP contribution in [0.3, 0.4) is 0 Å². The standard InChI is InChI=1S/C15H25N5O/c1-6-11-12(16-7-2)17-10-18-13(11)20-9-8-19(5)14(21)15(20,3)4/h10H,6-9H2,1-5H3,(H,16,17,18). The Hall–Kier alpha value is -1.85. The molecule has 0 atom stereocenters. The molecule has 6 nitrogen and oxygen atoms in total. The van der Waals surface area contributed by atoms with Crippen LogP contribution in [0.4, 0.5) is 11.6 Å². The summed E-state index contributed by atoms with van der Waals surface area (Å²) in [7, 11) is 1.85. The van der Waals surface area contributed by atoms with Gasteiger partial charge in [-0.2, -0.15) is 0 Å². The van der Waals surface area contributed by atoms with Gasteiger partial charge in [0, 0.05) is 32.2 Å². The number of aromatic nitrogens is 2. The summed E-state index contributed by atoms with van der Waals surface area (Å²) < 4.78 is 0. The fourth-order valence-corrected chi connectivity index (χ4v) is 2.87. The fourth-order valence-electron chi connectivity index (χ4n) is 2.87. The molecular weight excluding hydrogens is 266 g/mol. The van der Waals surface area contributed by atoms with E-state index in [1.165, 1.54) is 0 Å². The normalized spacial score (nSPS) is 18.0. The number of carbonyl (C=O) groups excluding carboxylic acids is 1. The number of amides is 1. The Labute approximate surface area is 126 Å². The molecule has 1 aromatic heterocycles. The van der Waals surface area contributed by atoms with E-state index in [1.807, 2.05) is 27.8 Å². The Morgan fingerprint density at radius 1 is 1.29 bits per heavy atom. The van der Waals surface area contributed by atoms with Crippen LogP contribution in [-0.2, 0) is 11.2 Å². The molecule has 0 aromatic carbocycles. The van der Waals surface area contributed by atoms with Gasteiger partial charge in [0.1, 0.15) is 23.5 Å². The van der Waals surface area contributed by atoms with Crippen LogP contribution in [0.5, 0.6) is 0 Å². The highest BCUT2D eigenvalue weighted by atomic mass is 16.2. The lowest BCUT2D eigenvalue weighted by atomic mass is 9.97. The highest BCUT2D eigenvalue weighted by molar-refractivity contribution is 5.90. The molecule has 1 fully saturated rings. The van der Waals surface area contributed by atoms with Crippen molar-refractivity contribution in [2.24, 2.45) is 0 Å². The Morgan fingerprint density at radius 3 is 2.62 bits per heavy atom. The van der Waals surface area contributed by atoms with E-state index in [0.29, 0.717) is 6.54 Å². The first-order valence-electron chi connectivity index (χ1n) is 7.54. The smallest absolute Gasteiger partial charge is 0.247 e. The number of rotatable bonds is 4. The minimum absolute atomic E-state index is 0.124. The van der Waals surface area contributed by atoms with E-state index in [1.54, 1.807) is 11.2 Å². The van der Waals surface area contributed by atoms with Gasteiger partial charge in [-0.05, 0) is 27.2 Å². The monoisotopic (exact) mass is 291 g/mol. The van der Waals surface area contributed by atoms with Crippen LogP contribution in [0.25, 0.3) is 0 Å². The fraction of sp³-hybridized carbons (Fsp3) is 0.667. The molecule has 2 heterocycles. The number of piperazine rings is 1. The quantitative estimate of drug-likeness (QED) is 0.911. The minimum Gasteiger partial charge on any atom is -0.370 e.